The summed E-state index contributed by atoms with van der Waals surface area (Å²) in [7, 11) is 0. The largest absolute Gasteiger partial charge is 0.396 e. The van der Waals surface area contributed by atoms with E-state index in [9.17, 15) is 9.90 Å². The summed E-state index contributed by atoms with van der Waals surface area (Å²) in [5.41, 5.74) is 2.72. The molecule has 0 radical (unpaired) electrons. The van der Waals surface area contributed by atoms with Crippen molar-refractivity contribution in [3.63, 3.8) is 0 Å². The lowest BCUT2D eigenvalue weighted by Gasteiger charge is -2.38. The van der Waals surface area contributed by atoms with E-state index >= 15 is 0 Å². The van der Waals surface area contributed by atoms with Crippen molar-refractivity contribution in [1.29, 1.82) is 0 Å². The SMILES string of the molecule is O=C(c1ccc2nccn2c1)N1CC[C@@H](c2ccccc2)[C@@H](CO)C1. The molecule has 1 aliphatic rings. The van der Waals surface area contributed by atoms with Crippen molar-refractivity contribution in [2.75, 3.05) is 19.7 Å². The Morgan fingerprint density at radius 2 is 2.04 bits per heavy atom. The van der Waals surface area contributed by atoms with Crippen LogP contribution < -0.4 is 0 Å². The number of aromatic nitrogens is 2. The fraction of sp³-hybridized carbons (Fsp3) is 0.300. The summed E-state index contributed by atoms with van der Waals surface area (Å²) in [4.78, 5) is 18.9. The van der Waals surface area contributed by atoms with Crippen LogP contribution in [0.4, 0.5) is 0 Å². The van der Waals surface area contributed by atoms with E-state index in [1.165, 1.54) is 5.56 Å². The van der Waals surface area contributed by atoms with Gasteiger partial charge < -0.3 is 14.4 Å². The maximum atomic E-state index is 12.9. The molecule has 3 aromatic rings. The van der Waals surface area contributed by atoms with Crippen LogP contribution in [0.15, 0.2) is 61.1 Å². The number of likely N-dealkylation sites (tertiary alicyclic amines) is 1. The molecule has 128 valence electrons. The van der Waals surface area contributed by atoms with Gasteiger partial charge in [-0.15, -0.1) is 0 Å². The quantitative estimate of drug-likeness (QED) is 0.800. The second kappa shape index (κ2) is 6.69. The summed E-state index contributed by atoms with van der Waals surface area (Å²) in [6, 6.07) is 14.0. The molecule has 5 heteroatoms. The summed E-state index contributed by atoms with van der Waals surface area (Å²) >= 11 is 0. The van der Waals surface area contributed by atoms with Gasteiger partial charge in [-0.1, -0.05) is 30.3 Å². The van der Waals surface area contributed by atoms with E-state index < -0.39 is 0 Å². The number of carbonyl (C=O) groups is 1. The van der Waals surface area contributed by atoms with Crippen LogP contribution in [0, 0.1) is 5.92 Å². The van der Waals surface area contributed by atoms with Gasteiger partial charge in [0.2, 0.25) is 0 Å². The lowest BCUT2D eigenvalue weighted by Crippen LogP contribution is -2.44. The lowest BCUT2D eigenvalue weighted by molar-refractivity contribution is 0.0577. The Hall–Kier alpha value is -2.66. The van der Waals surface area contributed by atoms with Crippen LogP contribution in [0.1, 0.15) is 28.3 Å². The number of hydrogen-bond donors (Lipinski definition) is 1. The van der Waals surface area contributed by atoms with Crippen LogP contribution >= 0.6 is 0 Å². The topological polar surface area (TPSA) is 57.8 Å². The Morgan fingerprint density at radius 3 is 2.84 bits per heavy atom. The Bertz CT molecular complexity index is 875. The van der Waals surface area contributed by atoms with E-state index in [1.807, 2.05) is 52.0 Å². The Kier molecular flexibility index (Phi) is 4.24. The maximum absolute atomic E-state index is 12.9. The number of aliphatic hydroxyl groups excluding tert-OH is 1. The zero-order chi connectivity index (χ0) is 17.2. The van der Waals surface area contributed by atoms with E-state index in [2.05, 4.69) is 17.1 Å². The molecule has 3 heterocycles. The van der Waals surface area contributed by atoms with E-state index in [1.54, 1.807) is 6.20 Å². The molecule has 1 fully saturated rings. The van der Waals surface area contributed by atoms with Gasteiger partial charge in [0.1, 0.15) is 5.65 Å². The zero-order valence-electron chi connectivity index (χ0n) is 14.0. The number of rotatable bonds is 3. The number of amides is 1. The van der Waals surface area contributed by atoms with Crippen LogP contribution in [0.2, 0.25) is 0 Å². The van der Waals surface area contributed by atoms with Gasteiger partial charge >= 0.3 is 0 Å². The van der Waals surface area contributed by atoms with Gasteiger partial charge in [0.15, 0.2) is 0 Å². The monoisotopic (exact) mass is 335 g/mol. The molecule has 2 aromatic heterocycles. The molecule has 0 spiro atoms. The van der Waals surface area contributed by atoms with Crippen molar-refractivity contribution >= 4 is 11.6 Å². The number of benzene rings is 1. The molecule has 0 unspecified atom stereocenters. The summed E-state index contributed by atoms with van der Waals surface area (Å²) < 4.78 is 1.85. The average molecular weight is 335 g/mol. The van der Waals surface area contributed by atoms with E-state index in [-0.39, 0.29) is 18.4 Å². The predicted octanol–water partition coefficient (Wildman–Crippen LogP) is 2.57. The Labute approximate surface area is 146 Å². The Morgan fingerprint density at radius 1 is 1.20 bits per heavy atom. The summed E-state index contributed by atoms with van der Waals surface area (Å²) in [5.74, 6) is 0.379. The maximum Gasteiger partial charge on any atom is 0.255 e. The third-order valence-electron chi connectivity index (χ3n) is 5.12. The zero-order valence-corrected chi connectivity index (χ0v) is 14.0. The van der Waals surface area contributed by atoms with Crippen molar-refractivity contribution in [3.8, 4) is 0 Å². The first-order valence-corrected chi connectivity index (χ1v) is 8.64. The number of pyridine rings is 1. The summed E-state index contributed by atoms with van der Waals surface area (Å²) in [6.45, 7) is 1.37. The average Bonchev–Trinajstić information content (AvgIpc) is 3.15. The first-order chi connectivity index (χ1) is 12.3. The normalized spacial score (nSPS) is 20.8. The number of fused-ring (bicyclic) bond motifs is 1. The minimum Gasteiger partial charge on any atom is -0.396 e. The minimum atomic E-state index is 0.0144. The van der Waals surface area contributed by atoms with Gasteiger partial charge in [-0.05, 0) is 30.0 Å². The number of imidazole rings is 1. The van der Waals surface area contributed by atoms with Crippen molar-refractivity contribution in [3.05, 3.63) is 72.2 Å². The number of carbonyl (C=O) groups excluding carboxylic acids is 1. The number of nitrogens with zero attached hydrogens (tertiary/aromatic N) is 3. The van der Waals surface area contributed by atoms with Crippen molar-refractivity contribution in [2.45, 2.75) is 12.3 Å². The highest BCUT2D eigenvalue weighted by atomic mass is 16.3. The smallest absolute Gasteiger partial charge is 0.255 e. The molecule has 1 aromatic carbocycles. The highest BCUT2D eigenvalue weighted by Gasteiger charge is 2.32. The lowest BCUT2D eigenvalue weighted by atomic mass is 9.81. The van der Waals surface area contributed by atoms with Gasteiger partial charge in [-0.25, -0.2) is 4.98 Å². The van der Waals surface area contributed by atoms with Crippen LogP contribution in [0.25, 0.3) is 5.65 Å². The molecule has 5 nitrogen and oxygen atoms in total. The minimum absolute atomic E-state index is 0.0144. The highest BCUT2D eigenvalue weighted by molar-refractivity contribution is 5.94. The van der Waals surface area contributed by atoms with E-state index in [0.29, 0.717) is 24.6 Å². The predicted molar refractivity (Wildman–Crippen MR) is 95.5 cm³/mol. The van der Waals surface area contributed by atoms with Gasteiger partial charge in [0, 0.05) is 44.2 Å². The molecule has 0 bridgehead atoms. The first kappa shape index (κ1) is 15.8. The van der Waals surface area contributed by atoms with Crippen molar-refractivity contribution in [2.24, 2.45) is 5.92 Å². The molecule has 0 saturated carbocycles. The molecule has 25 heavy (non-hydrogen) atoms. The van der Waals surface area contributed by atoms with Gasteiger partial charge in [-0.2, -0.15) is 0 Å². The standard InChI is InChI=1S/C20H21N3O2/c24-14-17-13-23(10-8-18(17)15-4-2-1-3-5-15)20(25)16-6-7-19-21-9-11-22(19)12-16/h1-7,9,11-12,17-18,24H,8,10,13-14H2/t17-,18+/m1/s1. The molecule has 1 aliphatic heterocycles. The second-order valence-electron chi connectivity index (χ2n) is 6.61. The fourth-order valence-corrected chi connectivity index (χ4v) is 3.77. The first-order valence-electron chi connectivity index (χ1n) is 8.64. The molecule has 2 atom stereocenters. The fourth-order valence-electron chi connectivity index (χ4n) is 3.77. The third-order valence-corrected chi connectivity index (χ3v) is 5.12. The number of piperidine rings is 1. The van der Waals surface area contributed by atoms with Crippen molar-refractivity contribution in [1.82, 2.24) is 14.3 Å². The highest BCUT2D eigenvalue weighted by Crippen LogP contribution is 2.33. The molecular formula is C20H21N3O2. The van der Waals surface area contributed by atoms with Gasteiger partial charge in [0.25, 0.3) is 5.91 Å². The van der Waals surface area contributed by atoms with Crippen molar-refractivity contribution < 1.29 is 9.90 Å². The third kappa shape index (κ3) is 3.03. The molecule has 0 aliphatic carbocycles. The molecule has 1 amide bonds. The molecule has 1 N–H and O–H groups in total. The number of aliphatic hydroxyl groups is 1. The van der Waals surface area contributed by atoms with Gasteiger partial charge in [-0.3, -0.25) is 4.79 Å². The molecule has 4 rings (SSSR count). The van der Waals surface area contributed by atoms with E-state index in [4.69, 9.17) is 0 Å². The summed E-state index contributed by atoms with van der Waals surface area (Å²) in [6.07, 6.45) is 6.25. The second-order valence-corrected chi connectivity index (χ2v) is 6.61. The van der Waals surface area contributed by atoms with Gasteiger partial charge in [0.05, 0.1) is 5.56 Å². The number of hydrogen-bond acceptors (Lipinski definition) is 3. The van der Waals surface area contributed by atoms with Crippen LogP contribution in [0.3, 0.4) is 0 Å². The van der Waals surface area contributed by atoms with Crippen LogP contribution in [0.5, 0.6) is 0 Å². The molecule has 1 saturated heterocycles. The van der Waals surface area contributed by atoms with Crippen LogP contribution in [-0.2, 0) is 0 Å². The van der Waals surface area contributed by atoms with E-state index in [0.717, 1.165) is 12.1 Å². The summed E-state index contributed by atoms with van der Waals surface area (Å²) in [5, 5.41) is 9.86. The van der Waals surface area contributed by atoms with Crippen LogP contribution in [-0.4, -0.2) is 45.0 Å². The Balaban J connectivity index is 1.53. The molecular weight excluding hydrogens is 314 g/mol.